The lowest BCUT2D eigenvalue weighted by molar-refractivity contribution is -0.895. The zero-order chi connectivity index (χ0) is 13.8. The van der Waals surface area contributed by atoms with Crippen molar-refractivity contribution in [2.45, 2.75) is 32.2 Å². The summed E-state index contributed by atoms with van der Waals surface area (Å²) in [6.45, 7) is 3.06. The van der Waals surface area contributed by atoms with Crippen molar-refractivity contribution in [3.63, 3.8) is 0 Å². The molecule has 0 spiro atoms. The highest BCUT2D eigenvalue weighted by Gasteiger charge is 2.44. The Bertz CT molecular complexity index is 458. The monoisotopic (exact) mass is 261 g/mol. The van der Waals surface area contributed by atoms with Gasteiger partial charge in [-0.15, -0.1) is 0 Å². The molecule has 4 heteroatoms. The fourth-order valence-electron chi connectivity index (χ4n) is 2.50. The minimum Gasteiger partial charge on any atom is -0.327 e. The number of hydrogen-bond donors (Lipinski definition) is 1. The van der Waals surface area contributed by atoms with Crippen LogP contribution in [0.3, 0.4) is 0 Å². The SMILES string of the molecule is CCCC[NH+](C)C1CC(=O)N(c2ccccc2)C1=O. The predicted molar refractivity (Wildman–Crippen MR) is 74.0 cm³/mol. The molecule has 0 aliphatic carbocycles. The fourth-order valence-corrected chi connectivity index (χ4v) is 2.50. The third kappa shape index (κ3) is 2.84. The number of amides is 2. The van der Waals surface area contributed by atoms with Crippen molar-refractivity contribution in [1.82, 2.24) is 0 Å². The number of imide groups is 1. The van der Waals surface area contributed by atoms with E-state index in [9.17, 15) is 9.59 Å². The van der Waals surface area contributed by atoms with Gasteiger partial charge in [0.05, 0.1) is 25.7 Å². The van der Waals surface area contributed by atoms with Crippen LogP contribution in [-0.4, -0.2) is 31.4 Å². The molecule has 1 saturated heterocycles. The van der Waals surface area contributed by atoms with Crippen molar-refractivity contribution in [1.29, 1.82) is 0 Å². The molecular weight excluding hydrogens is 240 g/mol. The summed E-state index contributed by atoms with van der Waals surface area (Å²) in [4.78, 5) is 26.9. The first-order chi connectivity index (χ1) is 9.15. The highest BCUT2D eigenvalue weighted by Crippen LogP contribution is 2.21. The summed E-state index contributed by atoms with van der Waals surface area (Å²) in [5, 5.41) is 0. The molecule has 1 fully saturated rings. The Morgan fingerprint density at radius 1 is 1.26 bits per heavy atom. The molecule has 19 heavy (non-hydrogen) atoms. The molecule has 1 N–H and O–H groups in total. The number of carbonyl (C=O) groups is 2. The maximum Gasteiger partial charge on any atom is 0.292 e. The second kappa shape index (κ2) is 5.97. The zero-order valence-corrected chi connectivity index (χ0v) is 11.6. The minimum absolute atomic E-state index is 0.0650. The number of rotatable bonds is 5. The van der Waals surface area contributed by atoms with E-state index >= 15 is 0 Å². The van der Waals surface area contributed by atoms with E-state index in [1.165, 1.54) is 4.90 Å². The first-order valence-electron chi connectivity index (χ1n) is 6.89. The van der Waals surface area contributed by atoms with Crippen LogP contribution in [0.25, 0.3) is 0 Å². The van der Waals surface area contributed by atoms with Gasteiger partial charge in [-0.2, -0.15) is 0 Å². The molecule has 0 bridgehead atoms. The molecule has 2 unspecified atom stereocenters. The molecular formula is C15H21N2O2+. The van der Waals surface area contributed by atoms with Crippen LogP contribution in [0.4, 0.5) is 5.69 Å². The molecule has 1 aromatic carbocycles. The Kier molecular flexibility index (Phi) is 4.32. The number of nitrogens with zero attached hydrogens (tertiary/aromatic N) is 1. The lowest BCUT2D eigenvalue weighted by atomic mass is 10.2. The van der Waals surface area contributed by atoms with Gasteiger partial charge in [0.2, 0.25) is 5.91 Å². The van der Waals surface area contributed by atoms with Gasteiger partial charge in [0.25, 0.3) is 5.91 Å². The quantitative estimate of drug-likeness (QED) is 0.790. The van der Waals surface area contributed by atoms with E-state index in [1.807, 2.05) is 25.2 Å². The fraction of sp³-hybridized carbons (Fsp3) is 0.467. The number of para-hydroxylation sites is 1. The van der Waals surface area contributed by atoms with Crippen LogP contribution in [-0.2, 0) is 9.59 Å². The Morgan fingerprint density at radius 2 is 1.95 bits per heavy atom. The van der Waals surface area contributed by atoms with Gasteiger partial charge in [0.1, 0.15) is 0 Å². The topological polar surface area (TPSA) is 41.8 Å². The standard InChI is InChI=1S/C15H20N2O2/c1-3-4-10-16(2)13-11-14(18)17(15(13)19)12-8-6-5-7-9-12/h5-9,13H,3-4,10-11H2,1-2H3/p+1. The van der Waals surface area contributed by atoms with E-state index in [1.54, 1.807) is 12.1 Å². The summed E-state index contributed by atoms with van der Waals surface area (Å²) in [6, 6.07) is 8.96. The molecule has 2 atom stereocenters. The maximum absolute atomic E-state index is 12.4. The minimum atomic E-state index is -0.223. The summed E-state index contributed by atoms with van der Waals surface area (Å²) >= 11 is 0. The molecule has 1 heterocycles. The second-order valence-corrected chi connectivity index (χ2v) is 5.11. The van der Waals surface area contributed by atoms with Crippen LogP contribution in [0.5, 0.6) is 0 Å². The summed E-state index contributed by atoms with van der Waals surface area (Å²) in [5.41, 5.74) is 0.684. The second-order valence-electron chi connectivity index (χ2n) is 5.11. The van der Waals surface area contributed by atoms with Gasteiger partial charge < -0.3 is 4.90 Å². The van der Waals surface area contributed by atoms with Gasteiger partial charge in [-0.1, -0.05) is 31.5 Å². The molecule has 1 aliphatic rings. The molecule has 0 radical (unpaired) electrons. The van der Waals surface area contributed by atoms with Crippen LogP contribution in [0, 0.1) is 0 Å². The van der Waals surface area contributed by atoms with Crippen LogP contribution in [0.1, 0.15) is 26.2 Å². The lowest BCUT2D eigenvalue weighted by Crippen LogP contribution is -3.14. The molecule has 4 nitrogen and oxygen atoms in total. The van der Waals surface area contributed by atoms with E-state index < -0.39 is 0 Å². The van der Waals surface area contributed by atoms with Crippen molar-refractivity contribution in [2.24, 2.45) is 0 Å². The maximum atomic E-state index is 12.4. The van der Waals surface area contributed by atoms with Crippen LogP contribution in [0.15, 0.2) is 30.3 Å². The summed E-state index contributed by atoms with van der Waals surface area (Å²) in [6.07, 6.45) is 2.51. The van der Waals surface area contributed by atoms with Crippen molar-refractivity contribution >= 4 is 17.5 Å². The third-order valence-electron chi connectivity index (χ3n) is 3.68. The van der Waals surface area contributed by atoms with Crippen molar-refractivity contribution < 1.29 is 14.5 Å². The Hall–Kier alpha value is -1.68. The number of hydrogen-bond acceptors (Lipinski definition) is 2. The van der Waals surface area contributed by atoms with E-state index in [4.69, 9.17) is 0 Å². The third-order valence-corrected chi connectivity index (χ3v) is 3.68. The van der Waals surface area contributed by atoms with E-state index in [0.717, 1.165) is 24.3 Å². The van der Waals surface area contributed by atoms with Crippen molar-refractivity contribution in [3.05, 3.63) is 30.3 Å². The molecule has 0 aromatic heterocycles. The molecule has 2 amide bonds. The number of anilines is 1. The van der Waals surface area contributed by atoms with Crippen molar-refractivity contribution in [3.8, 4) is 0 Å². The predicted octanol–water partition coefficient (Wildman–Crippen LogP) is 0.633. The average Bonchev–Trinajstić information content (AvgIpc) is 2.72. The van der Waals surface area contributed by atoms with E-state index in [2.05, 4.69) is 6.92 Å². The highest BCUT2D eigenvalue weighted by molar-refractivity contribution is 6.21. The van der Waals surface area contributed by atoms with Gasteiger partial charge in [-0.25, -0.2) is 4.90 Å². The number of likely N-dealkylation sites (N-methyl/N-ethyl adjacent to an activating group) is 1. The largest absolute Gasteiger partial charge is 0.327 e. The first kappa shape index (κ1) is 13.7. The molecule has 1 aromatic rings. The number of carbonyl (C=O) groups excluding carboxylic acids is 2. The Labute approximate surface area is 114 Å². The highest BCUT2D eigenvalue weighted by atomic mass is 16.2. The van der Waals surface area contributed by atoms with Gasteiger partial charge >= 0.3 is 0 Å². The van der Waals surface area contributed by atoms with Crippen LogP contribution >= 0.6 is 0 Å². The van der Waals surface area contributed by atoms with E-state index in [-0.39, 0.29) is 17.9 Å². The first-order valence-corrected chi connectivity index (χ1v) is 6.89. The summed E-state index contributed by atoms with van der Waals surface area (Å²) in [7, 11) is 2.00. The lowest BCUT2D eigenvalue weighted by Gasteiger charge is -2.19. The summed E-state index contributed by atoms with van der Waals surface area (Å²) < 4.78 is 0. The number of benzene rings is 1. The molecule has 2 rings (SSSR count). The average molecular weight is 261 g/mol. The van der Waals surface area contributed by atoms with Gasteiger partial charge in [-0.05, 0) is 18.6 Å². The van der Waals surface area contributed by atoms with E-state index in [0.29, 0.717) is 12.1 Å². The van der Waals surface area contributed by atoms with Gasteiger partial charge in [-0.3, -0.25) is 9.59 Å². The normalized spacial score (nSPS) is 20.9. The molecule has 1 aliphatic heterocycles. The number of unbranched alkanes of at least 4 members (excludes halogenated alkanes) is 1. The van der Waals surface area contributed by atoms with Gasteiger partial charge in [0, 0.05) is 0 Å². The van der Waals surface area contributed by atoms with Crippen molar-refractivity contribution in [2.75, 3.05) is 18.5 Å². The van der Waals surface area contributed by atoms with Crippen LogP contribution < -0.4 is 9.80 Å². The Morgan fingerprint density at radius 3 is 2.58 bits per heavy atom. The smallest absolute Gasteiger partial charge is 0.292 e. The Balaban J connectivity index is 2.13. The number of quaternary nitrogens is 1. The molecule has 102 valence electrons. The van der Waals surface area contributed by atoms with Crippen LogP contribution in [0.2, 0.25) is 0 Å². The summed E-state index contributed by atoms with van der Waals surface area (Å²) in [5.74, 6) is -0.151. The molecule has 0 saturated carbocycles. The van der Waals surface area contributed by atoms with Gasteiger partial charge in [0.15, 0.2) is 6.04 Å². The zero-order valence-electron chi connectivity index (χ0n) is 11.6. The number of nitrogens with one attached hydrogen (secondary N) is 1.